The van der Waals surface area contributed by atoms with Crippen LogP contribution >= 0.6 is 11.6 Å². The van der Waals surface area contributed by atoms with Crippen molar-refractivity contribution in [3.05, 3.63) is 59.5 Å². The molecule has 0 bridgehead atoms. The number of fused-ring (bicyclic) bond motifs is 1. The molecule has 0 aliphatic rings. The fraction of sp³-hybridized carbons (Fsp3) is 0.222. The van der Waals surface area contributed by atoms with Crippen molar-refractivity contribution in [1.82, 2.24) is 9.55 Å². The highest BCUT2D eigenvalue weighted by atomic mass is 35.5. The number of carbonyl (C=O) groups excluding carboxylic acids is 1. The monoisotopic (exact) mass is 328 g/mol. The second-order valence-electron chi connectivity index (χ2n) is 5.15. The molecule has 3 rings (SSSR count). The van der Waals surface area contributed by atoms with E-state index in [2.05, 4.69) is 9.55 Å². The van der Waals surface area contributed by atoms with Gasteiger partial charge in [-0.25, -0.2) is 4.98 Å². The van der Waals surface area contributed by atoms with Gasteiger partial charge in [-0.15, -0.1) is 0 Å². The van der Waals surface area contributed by atoms with E-state index in [-0.39, 0.29) is 5.97 Å². The Morgan fingerprint density at radius 1 is 1.26 bits per heavy atom. The zero-order valence-electron chi connectivity index (χ0n) is 12.8. The molecule has 0 aliphatic heterocycles. The maximum atomic E-state index is 11.7. The predicted molar refractivity (Wildman–Crippen MR) is 91.0 cm³/mol. The zero-order valence-corrected chi connectivity index (χ0v) is 13.6. The van der Waals surface area contributed by atoms with Crippen LogP contribution in [-0.4, -0.2) is 22.1 Å². The van der Waals surface area contributed by atoms with Crippen molar-refractivity contribution in [3.8, 4) is 5.69 Å². The van der Waals surface area contributed by atoms with Gasteiger partial charge in [0.05, 0.1) is 18.5 Å². The number of ether oxygens (including phenoxy) is 1. The van der Waals surface area contributed by atoms with E-state index in [1.54, 1.807) is 6.20 Å². The Hall–Kier alpha value is -2.33. The summed E-state index contributed by atoms with van der Waals surface area (Å²) in [6.45, 7) is 2.21. The van der Waals surface area contributed by atoms with Gasteiger partial charge in [-0.2, -0.15) is 0 Å². The Morgan fingerprint density at radius 3 is 2.78 bits per heavy atom. The maximum Gasteiger partial charge on any atom is 0.306 e. The van der Waals surface area contributed by atoms with E-state index < -0.39 is 0 Å². The lowest BCUT2D eigenvalue weighted by Crippen LogP contribution is -2.07. The molecule has 3 aromatic rings. The summed E-state index contributed by atoms with van der Waals surface area (Å²) < 4.78 is 7.13. The van der Waals surface area contributed by atoms with Gasteiger partial charge in [0.25, 0.3) is 0 Å². The summed E-state index contributed by atoms with van der Waals surface area (Å²) in [4.78, 5) is 15.8. The van der Waals surface area contributed by atoms with Gasteiger partial charge in [-0.05, 0) is 37.6 Å². The van der Waals surface area contributed by atoms with Gasteiger partial charge >= 0.3 is 5.97 Å². The van der Waals surface area contributed by atoms with E-state index in [0.29, 0.717) is 24.6 Å². The third-order valence-electron chi connectivity index (χ3n) is 3.66. The number of hydrogen-bond acceptors (Lipinski definition) is 3. The fourth-order valence-electron chi connectivity index (χ4n) is 2.68. The van der Waals surface area contributed by atoms with Crippen molar-refractivity contribution in [2.24, 2.45) is 0 Å². The Labute approximate surface area is 139 Å². The summed E-state index contributed by atoms with van der Waals surface area (Å²) in [5.41, 5.74) is 3.02. The molecule has 0 N–H and O–H groups in total. The summed E-state index contributed by atoms with van der Waals surface area (Å²) in [5.74, 6) is -0.193. The highest BCUT2D eigenvalue weighted by molar-refractivity contribution is 6.34. The largest absolute Gasteiger partial charge is 0.466 e. The lowest BCUT2D eigenvalue weighted by Gasteiger charge is -2.10. The van der Waals surface area contributed by atoms with E-state index in [1.165, 1.54) is 0 Å². The molecule has 4 nitrogen and oxygen atoms in total. The van der Waals surface area contributed by atoms with E-state index in [9.17, 15) is 4.79 Å². The van der Waals surface area contributed by atoms with Crippen molar-refractivity contribution in [3.63, 3.8) is 0 Å². The number of benzene rings is 1. The van der Waals surface area contributed by atoms with E-state index >= 15 is 0 Å². The second kappa shape index (κ2) is 6.84. The van der Waals surface area contributed by atoms with Crippen LogP contribution in [0.4, 0.5) is 0 Å². The van der Waals surface area contributed by atoms with Crippen LogP contribution in [-0.2, 0) is 16.0 Å². The summed E-state index contributed by atoms with van der Waals surface area (Å²) in [7, 11) is 0. The molecule has 0 fully saturated rings. The van der Waals surface area contributed by atoms with Crippen molar-refractivity contribution in [1.29, 1.82) is 0 Å². The zero-order chi connectivity index (χ0) is 16.2. The van der Waals surface area contributed by atoms with Gasteiger partial charge in [-0.1, -0.05) is 29.8 Å². The van der Waals surface area contributed by atoms with Gasteiger partial charge in [0, 0.05) is 23.0 Å². The van der Waals surface area contributed by atoms with Crippen LogP contribution in [0, 0.1) is 0 Å². The highest BCUT2D eigenvalue weighted by Gasteiger charge is 2.14. The molecule has 0 spiro atoms. The fourth-order valence-corrected chi connectivity index (χ4v) is 2.89. The number of rotatable bonds is 5. The standard InChI is InChI=1S/C18H17ClN2O2/c1-2-23-17(22)9-8-14-12-15-16(10-11-20-18(15)19)21(14)13-6-4-3-5-7-13/h3-7,10-12H,2,8-9H2,1H3. The first kappa shape index (κ1) is 15.6. The average Bonchev–Trinajstić information content (AvgIpc) is 2.94. The van der Waals surface area contributed by atoms with Crippen molar-refractivity contribution in [2.45, 2.75) is 19.8 Å². The van der Waals surface area contributed by atoms with Gasteiger partial charge < -0.3 is 9.30 Å². The van der Waals surface area contributed by atoms with Crippen LogP contribution in [0.3, 0.4) is 0 Å². The quantitative estimate of drug-likeness (QED) is 0.521. The normalized spacial score (nSPS) is 10.9. The number of hydrogen-bond donors (Lipinski definition) is 0. The topological polar surface area (TPSA) is 44.1 Å². The Balaban J connectivity index is 2.06. The van der Waals surface area contributed by atoms with Crippen LogP contribution in [0.25, 0.3) is 16.6 Å². The average molecular weight is 329 g/mol. The summed E-state index contributed by atoms with van der Waals surface area (Å²) in [6.07, 6.45) is 2.61. The minimum Gasteiger partial charge on any atom is -0.466 e. The third-order valence-corrected chi connectivity index (χ3v) is 3.96. The number of pyridine rings is 1. The first-order chi connectivity index (χ1) is 11.2. The number of aryl methyl sites for hydroxylation is 1. The van der Waals surface area contributed by atoms with E-state index in [0.717, 1.165) is 22.3 Å². The molecule has 0 aliphatic carbocycles. The first-order valence-electron chi connectivity index (χ1n) is 7.56. The smallest absolute Gasteiger partial charge is 0.306 e. The molecule has 118 valence electrons. The molecule has 2 heterocycles. The first-order valence-corrected chi connectivity index (χ1v) is 7.94. The van der Waals surface area contributed by atoms with Crippen LogP contribution < -0.4 is 0 Å². The number of aromatic nitrogens is 2. The SMILES string of the molecule is CCOC(=O)CCc1cc2c(Cl)nccc2n1-c1ccccc1. The Bertz CT molecular complexity index is 828. The number of esters is 1. The number of carbonyl (C=O) groups is 1. The molecule has 2 aromatic heterocycles. The Morgan fingerprint density at radius 2 is 2.04 bits per heavy atom. The highest BCUT2D eigenvalue weighted by Crippen LogP contribution is 2.29. The molecule has 0 saturated heterocycles. The molecule has 23 heavy (non-hydrogen) atoms. The van der Waals surface area contributed by atoms with Gasteiger partial charge in [0.15, 0.2) is 0 Å². The predicted octanol–water partition coefficient (Wildman–Crippen LogP) is 4.17. The van der Waals surface area contributed by atoms with Crippen molar-refractivity contribution in [2.75, 3.05) is 6.61 Å². The molecule has 0 atom stereocenters. The summed E-state index contributed by atoms with van der Waals surface area (Å²) in [5, 5.41) is 1.35. The van der Waals surface area contributed by atoms with Gasteiger partial charge in [0.2, 0.25) is 0 Å². The van der Waals surface area contributed by atoms with Gasteiger partial charge in [0.1, 0.15) is 5.15 Å². The van der Waals surface area contributed by atoms with E-state index in [1.807, 2.05) is 49.4 Å². The molecule has 0 radical (unpaired) electrons. The van der Waals surface area contributed by atoms with Gasteiger partial charge in [-0.3, -0.25) is 4.79 Å². The molecule has 0 unspecified atom stereocenters. The summed E-state index contributed by atoms with van der Waals surface area (Å²) in [6, 6.07) is 13.9. The van der Waals surface area contributed by atoms with Crippen molar-refractivity contribution < 1.29 is 9.53 Å². The summed E-state index contributed by atoms with van der Waals surface area (Å²) >= 11 is 6.23. The molecule has 5 heteroatoms. The minimum absolute atomic E-state index is 0.193. The van der Waals surface area contributed by atoms with Crippen LogP contribution in [0.5, 0.6) is 0 Å². The molecule has 0 saturated carbocycles. The van der Waals surface area contributed by atoms with Crippen molar-refractivity contribution >= 4 is 28.5 Å². The molecular weight excluding hydrogens is 312 g/mol. The second-order valence-corrected chi connectivity index (χ2v) is 5.50. The number of halogens is 1. The molecular formula is C18H17ClN2O2. The molecule has 0 amide bonds. The van der Waals surface area contributed by atoms with Crippen LogP contribution in [0.2, 0.25) is 5.15 Å². The number of para-hydroxylation sites is 1. The Kier molecular flexibility index (Phi) is 4.63. The third kappa shape index (κ3) is 3.22. The lowest BCUT2D eigenvalue weighted by molar-refractivity contribution is -0.143. The number of nitrogens with zero attached hydrogens (tertiary/aromatic N) is 2. The van der Waals surface area contributed by atoms with Crippen LogP contribution in [0.15, 0.2) is 48.7 Å². The van der Waals surface area contributed by atoms with E-state index in [4.69, 9.17) is 16.3 Å². The molecule has 1 aromatic carbocycles. The maximum absolute atomic E-state index is 11.7. The van der Waals surface area contributed by atoms with Crippen LogP contribution in [0.1, 0.15) is 19.0 Å². The minimum atomic E-state index is -0.193. The lowest BCUT2D eigenvalue weighted by atomic mass is 10.2.